The number of halogens is 1. The number of likely N-dealkylation sites (N-methyl/N-ethyl adjacent to an activating group) is 1. The number of aliphatic hydroxyl groups is 3. The quantitative estimate of drug-likeness (QED) is 0.260. The summed E-state index contributed by atoms with van der Waals surface area (Å²) in [5, 5.41) is 41.9. The lowest BCUT2D eigenvalue weighted by molar-refractivity contribution is 0.108. The summed E-state index contributed by atoms with van der Waals surface area (Å²) in [4.78, 5) is 11.7. The highest BCUT2D eigenvalue weighted by Crippen LogP contribution is 2.35. The van der Waals surface area contributed by atoms with Crippen molar-refractivity contribution in [1.29, 1.82) is 5.41 Å². The zero-order valence-corrected chi connectivity index (χ0v) is 21.4. The van der Waals surface area contributed by atoms with E-state index in [0.717, 1.165) is 5.56 Å². The lowest BCUT2D eigenvalue weighted by atomic mass is 10.0. The summed E-state index contributed by atoms with van der Waals surface area (Å²) in [6.45, 7) is 6.76. The number of nitrogens with one attached hydrogen (secondary N) is 2. The molecule has 0 amide bonds. The number of ether oxygens (including phenoxy) is 1. The summed E-state index contributed by atoms with van der Waals surface area (Å²) in [6, 6.07) is 5.12. The summed E-state index contributed by atoms with van der Waals surface area (Å²) < 4.78 is 5.75. The number of piperidine rings is 1. The number of aliphatic hydroxyl groups excluding tert-OH is 3. The number of rotatable bonds is 9. The van der Waals surface area contributed by atoms with Crippen molar-refractivity contribution in [2.75, 3.05) is 38.2 Å². The highest BCUT2D eigenvalue weighted by molar-refractivity contribution is 6.33. The summed E-state index contributed by atoms with van der Waals surface area (Å²) >= 11 is 6.55. The fourth-order valence-electron chi connectivity index (χ4n) is 4.13. The predicted octanol–water partition coefficient (Wildman–Crippen LogP) is 3.35. The van der Waals surface area contributed by atoms with E-state index >= 15 is 0 Å². The van der Waals surface area contributed by atoms with Crippen molar-refractivity contribution in [2.24, 2.45) is 0 Å². The highest BCUT2D eigenvalue weighted by Gasteiger charge is 2.25. The fourth-order valence-corrected chi connectivity index (χ4v) is 4.33. The van der Waals surface area contributed by atoms with Crippen LogP contribution in [0.2, 0.25) is 5.02 Å². The fraction of sp³-hybridized carbons (Fsp3) is 0.480. The van der Waals surface area contributed by atoms with Crippen molar-refractivity contribution in [3.8, 4) is 17.1 Å². The first-order valence-electron chi connectivity index (χ1n) is 11.6. The number of aromatic nitrogens is 2. The molecule has 9 nitrogen and oxygen atoms in total. The van der Waals surface area contributed by atoms with Crippen molar-refractivity contribution >= 4 is 28.7 Å². The van der Waals surface area contributed by atoms with Crippen LogP contribution in [0.5, 0.6) is 5.75 Å². The van der Waals surface area contributed by atoms with E-state index in [1.807, 2.05) is 6.92 Å². The van der Waals surface area contributed by atoms with Gasteiger partial charge in [-0.05, 0) is 58.9 Å². The molecule has 0 unspecified atom stereocenters. The van der Waals surface area contributed by atoms with Gasteiger partial charge in [0.25, 0.3) is 0 Å². The molecule has 1 aromatic carbocycles. The Labute approximate surface area is 211 Å². The van der Waals surface area contributed by atoms with Crippen LogP contribution < -0.4 is 15.0 Å². The monoisotopic (exact) mass is 503 g/mol. The van der Waals surface area contributed by atoms with Crippen LogP contribution in [0.1, 0.15) is 37.9 Å². The van der Waals surface area contributed by atoms with Crippen LogP contribution in [0.25, 0.3) is 17.0 Å². The van der Waals surface area contributed by atoms with Crippen molar-refractivity contribution in [3.63, 3.8) is 0 Å². The molecule has 35 heavy (non-hydrogen) atoms. The van der Waals surface area contributed by atoms with E-state index in [0.29, 0.717) is 71.7 Å². The van der Waals surface area contributed by atoms with E-state index in [2.05, 4.69) is 10.2 Å². The third kappa shape index (κ3) is 6.49. The van der Waals surface area contributed by atoms with Gasteiger partial charge in [-0.25, -0.2) is 9.97 Å². The average Bonchev–Trinajstić information content (AvgIpc) is 2.80. The molecule has 190 valence electrons. The Morgan fingerprint density at radius 2 is 1.97 bits per heavy atom. The Morgan fingerprint density at radius 1 is 1.29 bits per heavy atom. The third-order valence-corrected chi connectivity index (χ3v) is 6.25. The maximum Gasteiger partial charge on any atom is 0.163 e. The second kappa shape index (κ2) is 11.8. The zero-order valence-electron chi connectivity index (χ0n) is 20.6. The Kier molecular flexibility index (Phi) is 9.07. The smallest absolute Gasteiger partial charge is 0.163 e. The molecule has 1 aliphatic rings. The lowest BCUT2D eigenvalue weighted by Crippen LogP contribution is -2.37. The van der Waals surface area contributed by atoms with Gasteiger partial charge in [0, 0.05) is 36.5 Å². The molecule has 1 saturated heterocycles. The maximum atomic E-state index is 10.4. The number of benzene rings is 1. The largest absolute Gasteiger partial charge is 0.512 e. The van der Waals surface area contributed by atoms with Crippen molar-refractivity contribution < 1.29 is 20.1 Å². The minimum absolute atomic E-state index is 0.00744. The van der Waals surface area contributed by atoms with E-state index in [1.54, 1.807) is 32.2 Å². The van der Waals surface area contributed by atoms with Gasteiger partial charge in [0.05, 0.1) is 22.4 Å². The van der Waals surface area contributed by atoms with Gasteiger partial charge in [-0.2, -0.15) is 0 Å². The molecule has 1 atom stereocenters. The molecule has 0 saturated carbocycles. The van der Waals surface area contributed by atoms with Gasteiger partial charge in [0.1, 0.15) is 30.0 Å². The van der Waals surface area contributed by atoms with Crippen LogP contribution in [0, 0.1) is 12.3 Å². The minimum atomic E-state index is -0.668. The lowest BCUT2D eigenvalue weighted by Gasteiger charge is -2.32. The Balaban J connectivity index is 2.12. The van der Waals surface area contributed by atoms with E-state index in [4.69, 9.17) is 31.7 Å². The summed E-state index contributed by atoms with van der Waals surface area (Å²) in [7, 11) is 1.75. The second-order valence-corrected chi connectivity index (χ2v) is 9.22. The number of allylic oxidation sites excluding steroid dienone is 2. The molecular weight excluding hydrogens is 470 g/mol. The molecule has 10 heteroatoms. The zero-order chi connectivity index (χ0) is 25.7. The van der Waals surface area contributed by atoms with Gasteiger partial charge in [-0.1, -0.05) is 11.6 Å². The van der Waals surface area contributed by atoms with Crippen LogP contribution in [0.15, 0.2) is 24.0 Å². The molecule has 1 aromatic heterocycles. The number of anilines is 1. The van der Waals surface area contributed by atoms with Crippen LogP contribution in [-0.4, -0.2) is 76.5 Å². The first-order valence-corrected chi connectivity index (χ1v) is 12.0. The van der Waals surface area contributed by atoms with Crippen molar-refractivity contribution in [3.05, 3.63) is 40.2 Å². The molecule has 2 heterocycles. The molecule has 1 aliphatic heterocycles. The number of nitrogens with zero attached hydrogens (tertiary/aromatic N) is 3. The molecule has 0 bridgehead atoms. The molecule has 5 N–H and O–H groups in total. The van der Waals surface area contributed by atoms with Gasteiger partial charge in [0.15, 0.2) is 5.82 Å². The normalized spacial score (nSPS) is 16.1. The Hall–Kier alpha value is -2.72. The highest BCUT2D eigenvalue weighted by atomic mass is 35.5. The molecule has 2 aromatic rings. The summed E-state index contributed by atoms with van der Waals surface area (Å²) in [5.74, 6) is 1.50. The first-order chi connectivity index (χ1) is 16.6. The van der Waals surface area contributed by atoms with Crippen molar-refractivity contribution in [2.45, 2.75) is 45.8 Å². The molecule has 0 aliphatic carbocycles. The Bertz CT molecular complexity index is 1100. The van der Waals surface area contributed by atoms with E-state index in [9.17, 15) is 15.3 Å². The first kappa shape index (κ1) is 26.9. The van der Waals surface area contributed by atoms with E-state index in [1.165, 1.54) is 6.92 Å². The second-order valence-electron chi connectivity index (χ2n) is 8.81. The van der Waals surface area contributed by atoms with Gasteiger partial charge in [0.2, 0.25) is 0 Å². The van der Waals surface area contributed by atoms with E-state index < -0.39 is 6.10 Å². The molecule has 0 radical (unpaired) electrons. The number of hydrogen-bond acceptors (Lipinski definition) is 9. The van der Waals surface area contributed by atoms with Gasteiger partial charge >= 0.3 is 0 Å². The van der Waals surface area contributed by atoms with Crippen molar-refractivity contribution in [1.82, 2.24) is 15.3 Å². The van der Waals surface area contributed by atoms with Crippen LogP contribution >= 0.6 is 11.6 Å². The van der Waals surface area contributed by atoms with E-state index in [-0.39, 0.29) is 24.2 Å². The molecule has 1 fully saturated rings. The van der Waals surface area contributed by atoms with Crippen LogP contribution in [-0.2, 0) is 0 Å². The summed E-state index contributed by atoms with van der Waals surface area (Å²) in [5.41, 5.74) is 2.24. The topological polar surface area (TPSA) is 135 Å². The Morgan fingerprint density at radius 3 is 2.57 bits per heavy atom. The van der Waals surface area contributed by atoms with Gasteiger partial charge in [-0.15, -0.1) is 0 Å². The van der Waals surface area contributed by atoms with Gasteiger partial charge in [-0.3, -0.25) is 0 Å². The average molecular weight is 504 g/mol. The summed E-state index contributed by atoms with van der Waals surface area (Å²) in [6.07, 6.45) is 0.239. The SMILES string of the molecule is CNC[C@@H](O)COc1ccc(Cl)c(-c2nc(/C(C(C)=N)=C(\C)O)c(C)c(N3CCC(O)CC3)n2)c1. The number of hydrogen-bond donors (Lipinski definition) is 5. The van der Waals surface area contributed by atoms with Gasteiger partial charge < -0.3 is 35.7 Å². The molecular formula is C25H34ClN5O4. The third-order valence-electron chi connectivity index (χ3n) is 5.92. The molecule has 0 spiro atoms. The van der Waals surface area contributed by atoms with Crippen LogP contribution in [0.4, 0.5) is 5.82 Å². The standard InChI is InChI=1S/C25H34ClN5O4/c1-14-23(22(15(2)27)16(3)32)29-24(30-25(14)31-9-7-17(33)8-10-31)20-11-19(5-6-21(20)26)35-13-18(34)12-28-4/h5-6,11,17-18,27-28,32-34H,7-10,12-13H2,1-4H3/b22-16+,27-15?/t18-/m1/s1. The maximum absolute atomic E-state index is 10.4. The predicted molar refractivity (Wildman–Crippen MR) is 139 cm³/mol. The van der Waals surface area contributed by atoms with Crippen LogP contribution in [0.3, 0.4) is 0 Å². The molecule has 3 rings (SSSR count). The minimum Gasteiger partial charge on any atom is -0.512 e.